The Kier molecular flexibility index (Phi) is 5.98. The molecule has 0 unspecified atom stereocenters. The van der Waals surface area contributed by atoms with E-state index in [2.05, 4.69) is 16.5 Å². The Morgan fingerprint density at radius 2 is 1.73 bits per heavy atom. The fraction of sp³-hybridized carbons (Fsp3) is 0.217. The average molecular weight is 402 g/mol. The first-order valence-electron chi connectivity index (χ1n) is 9.44. The number of benzene rings is 2. The lowest BCUT2D eigenvalue weighted by Crippen LogP contribution is -2.30. The first kappa shape index (κ1) is 20.8. The number of aromatic nitrogens is 2. The third kappa shape index (κ3) is 4.08. The molecule has 0 aliphatic carbocycles. The molecular weight excluding hydrogens is 380 g/mol. The van der Waals surface area contributed by atoms with E-state index in [4.69, 9.17) is 4.74 Å². The number of nitrogens with zero attached hydrogens (tertiary/aromatic N) is 3. The number of hydrogen-bond acceptors (Lipinski definition) is 5. The van der Waals surface area contributed by atoms with Gasteiger partial charge in [0.2, 0.25) is 0 Å². The molecule has 30 heavy (non-hydrogen) atoms. The second kappa shape index (κ2) is 8.62. The normalized spacial score (nSPS) is 11.4. The van der Waals surface area contributed by atoms with E-state index in [0.29, 0.717) is 28.1 Å². The van der Waals surface area contributed by atoms with Crippen LogP contribution in [0.1, 0.15) is 34.2 Å². The van der Waals surface area contributed by atoms with Crippen molar-refractivity contribution in [1.29, 1.82) is 5.26 Å². The highest BCUT2D eigenvalue weighted by molar-refractivity contribution is 6.01. The van der Waals surface area contributed by atoms with Crippen molar-refractivity contribution in [2.45, 2.75) is 26.9 Å². The molecule has 0 aliphatic heterocycles. The van der Waals surface area contributed by atoms with Gasteiger partial charge in [-0.15, -0.1) is 0 Å². The van der Waals surface area contributed by atoms with E-state index in [1.807, 2.05) is 6.92 Å². The largest absolute Gasteiger partial charge is 0.449 e. The minimum absolute atomic E-state index is 0.286. The molecule has 152 valence electrons. The summed E-state index contributed by atoms with van der Waals surface area (Å²) in [6.45, 7) is 5.15. The molecule has 1 N–H and O–H groups in total. The van der Waals surface area contributed by atoms with Crippen LogP contribution in [0.25, 0.3) is 11.1 Å². The number of nitriles is 1. The molecule has 1 heterocycles. The van der Waals surface area contributed by atoms with Crippen LogP contribution in [0.4, 0.5) is 5.69 Å². The Bertz CT molecular complexity index is 1160. The molecule has 0 saturated heterocycles. The number of hydrogen-bond donors (Lipinski definition) is 1. The summed E-state index contributed by atoms with van der Waals surface area (Å²) in [7, 11) is 1.79. The third-order valence-electron chi connectivity index (χ3n) is 4.89. The van der Waals surface area contributed by atoms with Gasteiger partial charge in [0.05, 0.1) is 34.3 Å². The molecule has 3 aromatic rings. The van der Waals surface area contributed by atoms with Crippen molar-refractivity contribution >= 4 is 17.6 Å². The number of ether oxygens (including phenoxy) is 1. The van der Waals surface area contributed by atoms with Crippen LogP contribution in [0.5, 0.6) is 0 Å². The van der Waals surface area contributed by atoms with E-state index < -0.39 is 18.0 Å². The average Bonchev–Trinajstić information content (AvgIpc) is 2.99. The molecule has 0 bridgehead atoms. The molecule has 1 aromatic heterocycles. The summed E-state index contributed by atoms with van der Waals surface area (Å²) < 4.78 is 7.10. The smallest absolute Gasteiger partial charge is 0.339 e. The second-order valence-electron chi connectivity index (χ2n) is 6.91. The van der Waals surface area contributed by atoms with Crippen LogP contribution < -0.4 is 5.32 Å². The van der Waals surface area contributed by atoms with Gasteiger partial charge < -0.3 is 10.1 Å². The Morgan fingerprint density at radius 1 is 1.10 bits per heavy atom. The van der Waals surface area contributed by atoms with Crippen molar-refractivity contribution in [3.8, 4) is 17.2 Å². The number of nitrogens with one attached hydrogen (secondary N) is 1. The fourth-order valence-corrected chi connectivity index (χ4v) is 3.17. The van der Waals surface area contributed by atoms with E-state index >= 15 is 0 Å². The molecule has 0 spiro atoms. The van der Waals surface area contributed by atoms with Gasteiger partial charge in [-0.05, 0) is 38.5 Å². The Morgan fingerprint density at radius 3 is 2.37 bits per heavy atom. The maximum absolute atomic E-state index is 12.8. The summed E-state index contributed by atoms with van der Waals surface area (Å²) in [4.78, 5) is 25.4. The quantitative estimate of drug-likeness (QED) is 0.656. The highest BCUT2D eigenvalue weighted by atomic mass is 16.5. The third-order valence-corrected chi connectivity index (χ3v) is 4.89. The molecule has 2 aromatic carbocycles. The topological polar surface area (TPSA) is 97.0 Å². The predicted octanol–water partition coefficient (Wildman–Crippen LogP) is 3.76. The van der Waals surface area contributed by atoms with Gasteiger partial charge in [0.1, 0.15) is 0 Å². The van der Waals surface area contributed by atoms with Crippen LogP contribution in [0.3, 0.4) is 0 Å². The van der Waals surface area contributed by atoms with E-state index in [1.54, 1.807) is 67.2 Å². The maximum atomic E-state index is 12.8. The summed E-state index contributed by atoms with van der Waals surface area (Å²) in [6.07, 6.45) is -1.02. The summed E-state index contributed by atoms with van der Waals surface area (Å²) in [5.74, 6) is -1.09. The molecular formula is C23H22N4O3. The first-order chi connectivity index (χ1) is 14.3. The number of amides is 1. The van der Waals surface area contributed by atoms with Crippen molar-refractivity contribution in [2.24, 2.45) is 7.05 Å². The van der Waals surface area contributed by atoms with Crippen LogP contribution in [-0.2, 0) is 16.6 Å². The van der Waals surface area contributed by atoms with Crippen molar-refractivity contribution in [3.63, 3.8) is 0 Å². The Balaban J connectivity index is 1.81. The van der Waals surface area contributed by atoms with Crippen molar-refractivity contribution in [1.82, 2.24) is 9.78 Å². The number of anilines is 1. The van der Waals surface area contributed by atoms with E-state index in [-0.39, 0.29) is 5.56 Å². The van der Waals surface area contributed by atoms with Gasteiger partial charge in [0, 0.05) is 12.6 Å². The molecule has 7 heteroatoms. The number of aryl methyl sites for hydroxylation is 2. The molecule has 0 radical (unpaired) electrons. The standard InChI is InChI=1S/C23H22N4O3/c1-14-21(15(2)27(4)26-14)25-22(28)16(3)30-23(29)20-12-8-7-11-19(20)18-10-6-5-9-17(18)13-24/h5-12,16H,1-4H3,(H,25,28)/t16-/m1/s1. The molecule has 1 amide bonds. The lowest BCUT2D eigenvalue weighted by Gasteiger charge is -2.16. The second-order valence-corrected chi connectivity index (χ2v) is 6.91. The van der Waals surface area contributed by atoms with E-state index in [1.165, 1.54) is 6.92 Å². The van der Waals surface area contributed by atoms with Crippen molar-refractivity contribution < 1.29 is 14.3 Å². The van der Waals surface area contributed by atoms with Gasteiger partial charge >= 0.3 is 5.97 Å². The monoisotopic (exact) mass is 402 g/mol. The van der Waals surface area contributed by atoms with Crippen LogP contribution in [0, 0.1) is 25.2 Å². The lowest BCUT2D eigenvalue weighted by molar-refractivity contribution is -0.123. The van der Waals surface area contributed by atoms with Crippen molar-refractivity contribution in [3.05, 3.63) is 71.0 Å². The number of carbonyl (C=O) groups is 2. The summed E-state index contributed by atoms with van der Waals surface area (Å²) in [5.41, 5.74) is 4.03. The molecule has 1 atom stereocenters. The number of carbonyl (C=O) groups excluding carboxylic acids is 2. The van der Waals surface area contributed by atoms with Gasteiger partial charge in [-0.2, -0.15) is 10.4 Å². The highest BCUT2D eigenvalue weighted by Crippen LogP contribution is 2.27. The van der Waals surface area contributed by atoms with Gasteiger partial charge in [-0.1, -0.05) is 36.4 Å². The van der Waals surface area contributed by atoms with Gasteiger partial charge in [0.15, 0.2) is 6.10 Å². The summed E-state index contributed by atoms with van der Waals surface area (Å²) in [5, 5.41) is 16.4. The molecule has 0 aliphatic rings. The zero-order valence-electron chi connectivity index (χ0n) is 17.3. The van der Waals surface area contributed by atoms with E-state index in [9.17, 15) is 14.9 Å². The van der Waals surface area contributed by atoms with Crippen LogP contribution in [0.15, 0.2) is 48.5 Å². The fourth-order valence-electron chi connectivity index (χ4n) is 3.17. The molecule has 7 nitrogen and oxygen atoms in total. The number of esters is 1. The minimum Gasteiger partial charge on any atom is -0.449 e. The van der Waals surface area contributed by atoms with Gasteiger partial charge in [0.25, 0.3) is 5.91 Å². The summed E-state index contributed by atoms with van der Waals surface area (Å²) in [6, 6.07) is 16.0. The van der Waals surface area contributed by atoms with Crippen molar-refractivity contribution in [2.75, 3.05) is 5.32 Å². The van der Waals surface area contributed by atoms with Crippen LogP contribution in [0.2, 0.25) is 0 Å². The Labute approximate surface area is 174 Å². The molecule has 0 saturated carbocycles. The van der Waals surface area contributed by atoms with E-state index in [0.717, 1.165) is 5.69 Å². The SMILES string of the molecule is Cc1nn(C)c(C)c1NC(=O)[C@@H](C)OC(=O)c1ccccc1-c1ccccc1C#N. The lowest BCUT2D eigenvalue weighted by atomic mass is 9.96. The maximum Gasteiger partial charge on any atom is 0.339 e. The zero-order valence-corrected chi connectivity index (χ0v) is 17.3. The zero-order chi connectivity index (χ0) is 21.8. The van der Waals surface area contributed by atoms with Gasteiger partial charge in [-0.25, -0.2) is 4.79 Å². The van der Waals surface area contributed by atoms with Crippen LogP contribution >= 0.6 is 0 Å². The molecule has 0 fully saturated rings. The number of rotatable bonds is 5. The molecule has 3 rings (SSSR count). The Hall–Kier alpha value is -3.92. The first-order valence-corrected chi connectivity index (χ1v) is 9.44. The predicted molar refractivity (Wildman–Crippen MR) is 113 cm³/mol. The van der Waals surface area contributed by atoms with Gasteiger partial charge in [-0.3, -0.25) is 9.48 Å². The van der Waals surface area contributed by atoms with Crippen LogP contribution in [-0.4, -0.2) is 27.8 Å². The highest BCUT2D eigenvalue weighted by Gasteiger charge is 2.23. The summed E-state index contributed by atoms with van der Waals surface area (Å²) >= 11 is 0. The minimum atomic E-state index is -1.02.